The van der Waals surface area contributed by atoms with Gasteiger partial charge in [-0.2, -0.15) is 0 Å². The first-order valence-electron chi connectivity index (χ1n) is 27.6. The fraction of sp³-hybridized carbons (Fsp3) is 0.980. The van der Waals surface area contributed by atoms with E-state index in [0.717, 1.165) is 12.8 Å². The minimum absolute atomic E-state index is 0.0179. The number of hydrogen-bond acceptors (Lipinski definition) is 28. The van der Waals surface area contributed by atoms with E-state index >= 15 is 0 Å². The Morgan fingerprint density at radius 2 is 0.886 bits per heavy atom. The number of hydrogen-bond donors (Lipinski definition) is 17. The highest BCUT2D eigenvalue weighted by molar-refractivity contribution is 5.77. The van der Waals surface area contributed by atoms with E-state index in [2.05, 4.69) is 20.8 Å². The molecule has 0 aromatic heterocycles. The minimum atomic E-state index is -1.98. The molecule has 2 bridgehead atoms. The van der Waals surface area contributed by atoms with E-state index in [0.29, 0.717) is 38.5 Å². The van der Waals surface area contributed by atoms with Crippen molar-refractivity contribution in [1.82, 2.24) is 0 Å². The molecule has 0 aromatic carbocycles. The van der Waals surface area contributed by atoms with Crippen LogP contribution in [-0.2, 0) is 52.2 Å². The molecule has 10 rings (SSSR count). The lowest BCUT2D eigenvalue weighted by Crippen LogP contribution is -2.69. The lowest BCUT2D eigenvalue weighted by molar-refractivity contribution is -0.401. The number of aliphatic hydroxyl groups is 17. The fourth-order valence-corrected chi connectivity index (χ4v) is 15.7. The molecule has 26 unspecified atom stereocenters. The van der Waals surface area contributed by atoms with E-state index in [-0.39, 0.29) is 17.8 Å². The van der Waals surface area contributed by atoms with Gasteiger partial charge in [-0.25, -0.2) is 0 Å². The maximum atomic E-state index is 15.0. The zero-order chi connectivity index (χ0) is 57.6. The second kappa shape index (κ2) is 23.7. The molecule has 5 aliphatic carbocycles. The van der Waals surface area contributed by atoms with E-state index in [9.17, 15) is 91.6 Å². The Bertz CT molecular complexity index is 2060. The third-order valence-electron chi connectivity index (χ3n) is 19.8. The molecule has 28 nitrogen and oxygen atoms in total. The van der Waals surface area contributed by atoms with Crippen molar-refractivity contribution in [3.63, 3.8) is 0 Å². The van der Waals surface area contributed by atoms with Crippen LogP contribution in [-0.4, -0.2) is 285 Å². The highest BCUT2D eigenvalue weighted by Crippen LogP contribution is 2.74. The summed E-state index contributed by atoms with van der Waals surface area (Å²) in [5.41, 5.74) is -2.55. The number of fused-ring (bicyclic) bond motifs is 3. The molecule has 0 radical (unpaired) electrons. The summed E-state index contributed by atoms with van der Waals surface area (Å²) in [6.45, 7) is 4.15. The van der Waals surface area contributed by atoms with Crippen molar-refractivity contribution in [3.8, 4) is 0 Å². The summed E-state index contributed by atoms with van der Waals surface area (Å²) in [6.07, 6.45) is -40.0. The summed E-state index contributed by atoms with van der Waals surface area (Å²) in [4.78, 5) is 15.0. The highest BCUT2D eigenvalue weighted by Gasteiger charge is 2.70. The maximum absolute atomic E-state index is 15.0. The maximum Gasteiger partial charge on any atom is 0.314 e. The SMILES string of the molecule is CC1(C)C[C@@]23CC[C@H]4[C@@](C)(CCC[C@@]4(C)C(=O)OC4OC(CO)C(O)C(O)C4OC4OC(CO)C(O)C(O)C4O)[C@@H]2C[C@@H]1C(OC1OC(CO)C(O)C(OC2OC(CO)C(O)C(O)C2O)C1OC1OC(CO)C(O)C(O)C1O)C3. The molecule has 0 amide bonds. The van der Waals surface area contributed by atoms with Crippen molar-refractivity contribution in [2.75, 3.05) is 33.0 Å². The summed E-state index contributed by atoms with van der Waals surface area (Å²) < 4.78 is 60.5. The van der Waals surface area contributed by atoms with Crippen LogP contribution in [0.15, 0.2) is 0 Å². The quantitative estimate of drug-likeness (QED) is 0.0535. The van der Waals surface area contributed by atoms with E-state index in [4.69, 9.17) is 47.4 Å². The van der Waals surface area contributed by atoms with Crippen LogP contribution in [0.25, 0.3) is 0 Å². The van der Waals surface area contributed by atoms with Crippen LogP contribution < -0.4 is 0 Å². The summed E-state index contributed by atoms with van der Waals surface area (Å²) >= 11 is 0. The number of ether oxygens (including phenoxy) is 10. The zero-order valence-electron chi connectivity index (χ0n) is 44.5. The molecule has 0 aromatic rings. The van der Waals surface area contributed by atoms with Gasteiger partial charge >= 0.3 is 5.97 Å². The average Bonchev–Trinajstić information content (AvgIpc) is 2.93. The van der Waals surface area contributed by atoms with Crippen LogP contribution in [0.1, 0.15) is 79.1 Å². The van der Waals surface area contributed by atoms with E-state index in [1.807, 2.05) is 6.92 Å². The lowest BCUT2D eigenvalue weighted by atomic mass is 9.34. The van der Waals surface area contributed by atoms with Crippen molar-refractivity contribution in [2.45, 2.75) is 239 Å². The van der Waals surface area contributed by atoms with Crippen LogP contribution >= 0.6 is 0 Å². The van der Waals surface area contributed by atoms with Gasteiger partial charge in [0.05, 0.1) is 44.6 Å². The van der Waals surface area contributed by atoms with Crippen molar-refractivity contribution < 1.29 is 139 Å². The zero-order valence-corrected chi connectivity index (χ0v) is 44.5. The molecule has 10 aliphatic rings. The van der Waals surface area contributed by atoms with Crippen LogP contribution in [0.3, 0.4) is 0 Å². The first-order valence-corrected chi connectivity index (χ1v) is 27.6. The van der Waals surface area contributed by atoms with Crippen molar-refractivity contribution in [3.05, 3.63) is 0 Å². The van der Waals surface area contributed by atoms with Crippen LogP contribution in [0, 0.1) is 39.4 Å². The summed E-state index contributed by atoms with van der Waals surface area (Å²) in [5, 5.41) is 181. The second-order valence-corrected chi connectivity index (χ2v) is 24.9. The number of aliphatic hydroxyl groups excluding tert-OH is 17. The molecule has 79 heavy (non-hydrogen) atoms. The van der Waals surface area contributed by atoms with Crippen LogP contribution in [0.4, 0.5) is 0 Å². The Labute approximate surface area is 455 Å². The standard InChI is InChI=1S/C51H84O28/c1-48(2)17-51-9-6-25-49(3,7-5-8-50(25,4)47(69)79-45-40(35(65)30(60)23(15-55)74-45)77-43-37(67)33(63)28(58)21(13-53)72-43)26(51)10-18(48)19(11-51)70-46-41(78-44-38(68)34(64)29(59)22(14-54)73-44)39(31(61)24(16-56)75-46)76-42-36(66)32(62)27(57)20(12-52)71-42/h18-46,52-68H,5-17H2,1-4H3/t18-,19?,20?,21?,22?,23?,24?,25+,26+,27?,28?,29?,30?,31?,32?,33?,34?,35?,36?,37?,38?,39?,40?,41?,42?,43?,44?,45?,46?,49-,50-,51+/m1/s1. The third kappa shape index (κ3) is 10.9. The molecule has 32 atom stereocenters. The van der Waals surface area contributed by atoms with Gasteiger partial charge in [-0.15, -0.1) is 0 Å². The molecule has 28 heteroatoms. The molecule has 5 saturated heterocycles. The normalized spacial score (nSPS) is 54.6. The summed E-state index contributed by atoms with van der Waals surface area (Å²) in [5.74, 6) is -1.30. The van der Waals surface area contributed by atoms with E-state index < -0.39 is 220 Å². The molecule has 10 fully saturated rings. The van der Waals surface area contributed by atoms with Crippen molar-refractivity contribution >= 4 is 5.97 Å². The molecule has 456 valence electrons. The molecule has 5 aliphatic heterocycles. The fourth-order valence-electron chi connectivity index (χ4n) is 15.7. The van der Waals surface area contributed by atoms with Gasteiger partial charge < -0.3 is 134 Å². The molecule has 17 N–H and O–H groups in total. The smallest absolute Gasteiger partial charge is 0.314 e. The van der Waals surface area contributed by atoms with Gasteiger partial charge in [0.25, 0.3) is 0 Å². The number of carbonyl (C=O) groups is 1. The van der Waals surface area contributed by atoms with Gasteiger partial charge in [-0.1, -0.05) is 27.2 Å². The van der Waals surface area contributed by atoms with Gasteiger partial charge in [-0.3, -0.25) is 4.79 Å². The first kappa shape index (κ1) is 62.0. The summed E-state index contributed by atoms with van der Waals surface area (Å²) in [6, 6.07) is 0. The van der Waals surface area contributed by atoms with Gasteiger partial charge in [0.15, 0.2) is 31.3 Å². The average molecular weight is 1150 g/mol. The summed E-state index contributed by atoms with van der Waals surface area (Å²) in [7, 11) is 0. The van der Waals surface area contributed by atoms with Gasteiger partial charge in [-0.05, 0) is 85.9 Å². The molecule has 1 spiro atoms. The van der Waals surface area contributed by atoms with Crippen LogP contribution in [0.2, 0.25) is 0 Å². The molecule has 5 saturated carbocycles. The molecule has 5 heterocycles. The van der Waals surface area contributed by atoms with Gasteiger partial charge in [0.2, 0.25) is 6.29 Å². The molecular formula is C51H84O28. The predicted octanol–water partition coefficient (Wildman–Crippen LogP) is -6.96. The van der Waals surface area contributed by atoms with E-state index in [1.54, 1.807) is 0 Å². The van der Waals surface area contributed by atoms with Gasteiger partial charge in [0.1, 0.15) is 116 Å². The number of rotatable bonds is 15. The predicted molar refractivity (Wildman–Crippen MR) is 256 cm³/mol. The molecular weight excluding hydrogens is 1060 g/mol. The topological polar surface area (TPSA) is 453 Å². The second-order valence-electron chi connectivity index (χ2n) is 24.9. The Hall–Kier alpha value is -1.57. The highest BCUT2D eigenvalue weighted by atomic mass is 16.8. The Balaban J connectivity index is 0.977. The Morgan fingerprint density at radius 3 is 1.38 bits per heavy atom. The van der Waals surface area contributed by atoms with Crippen molar-refractivity contribution in [1.29, 1.82) is 0 Å². The monoisotopic (exact) mass is 1140 g/mol. The third-order valence-corrected chi connectivity index (χ3v) is 19.8. The van der Waals surface area contributed by atoms with E-state index in [1.165, 1.54) is 0 Å². The van der Waals surface area contributed by atoms with Crippen LogP contribution in [0.5, 0.6) is 0 Å². The number of carbonyl (C=O) groups excluding carboxylic acids is 1. The first-order chi connectivity index (χ1) is 37.2. The lowest BCUT2D eigenvalue weighted by Gasteiger charge is -2.71. The largest absolute Gasteiger partial charge is 0.432 e. The minimum Gasteiger partial charge on any atom is -0.432 e. The Kier molecular flexibility index (Phi) is 18.6. The van der Waals surface area contributed by atoms with Crippen molar-refractivity contribution in [2.24, 2.45) is 39.4 Å². The van der Waals surface area contributed by atoms with Gasteiger partial charge in [0, 0.05) is 0 Å². The Morgan fingerprint density at radius 1 is 0.456 bits per heavy atom. The number of esters is 1.